The molecule has 1 aliphatic heterocycles. The van der Waals surface area contributed by atoms with Crippen molar-refractivity contribution in [2.45, 2.75) is 19.4 Å². The molecule has 1 aromatic heterocycles. The summed E-state index contributed by atoms with van der Waals surface area (Å²) in [5.41, 5.74) is 2.82. The Bertz CT molecular complexity index is 671. The zero-order chi connectivity index (χ0) is 14.8. The SMILES string of the molecule is C=CCOC1CCN(c2cc(C)nc3ccc(F)cc23)C1. The Morgan fingerprint density at radius 1 is 1.48 bits per heavy atom. The summed E-state index contributed by atoms with van der Waals surface area (Å²) in [6, 6.07) is 6.79. The second kappa shape index (κ2) is 5.82. The highest BCUT2D eigenvalue weighted by Crippen LogP contribution is 2.30. The number of anilines is 1. The highest BCUT2D eigenvalue weighted by molar-refractivity contribution is 5.92. The minimum atomic E-state index is -0.229. The molecule has 1 fully saturated rings. The van der Waals surface area contributed by atoms with Crippen molar-refractivity contribution in [1.82, 2.24) is 4.98 Å². The van der Waals surface area contributed by atoms with Crippen LogP contribution in [-0.4, -0.2) is 30.8 Å². The van der Waals surface area contributed by atoms with Crippen molar-refractivity contribution in [3.05, 3.63) is 48.4 Å². The van der Waals surface area contributed by atoms with Gasteiger partial charge in [-0.3, -0.25) is 4.98 Å². The van der Waals surface area contributed by atoms with Crippen LogP contribution in [-0.2, 0) is 4.74 Å². The van der Waals surface area contributed by atoms with Crippen LogP contribution < -0.4 is 4.90 Å². The topological polar surface area (TPSA) is 25.4 Å². The van der Waals surface area contributed by atoms with E-state index in [9.17, 15) is 4.39 Å². The van der Waals surface area contributed by atoms with Crippen LogP contribution in [0.15, 0.2) is 36.9 Å². The van der Waals surface area contributed by atoms with Gasteiger partial charge in [-0.15, -0.1) is 6.58 Å². The van der Waals surface area contributed by atoms with Crippen LogP contribution in [0.4, 0.5) is 10.1 Å². The van der Waals surface area contributed by atoms with Gasteiger partial charge in [-0.05, 0) is 37.6 Å². The maximum absolute atomic E-state index is 13.6. The van der Waals surface area contributed by atoms with Crippen LogP contribution in [0.1, 0.15) is 12.1 Å². The number of hydrogen-bond acceptors (Lipinski definition) is 3. The van der Waals surface area contributed by atoms with Gasteiger partial charge in [0.1, 0.15) is 5.82 Å². The van der Waals surface area contributed by atoms with Crippen LogP contribution in [0.2, 0.25) is 0 Å². The molecule has 1 atom stereocenters. The number of aromatic nitrogens is 1. The van der Waals surface area contributed by atoms with Gasteiger partial charge in [0.25, 0.3) is 0 Å². The van der Waals surface area contributed by atoms with E-state index in [-0.39, 0.29) is 11.9 Å². The Hall–Kier alpha value is -1.94. The normalized spacial score (nSPS) is 18.4. The molecule has 0 aliphatic carbocycles. The molecule has 3 rings (SSSR count). The lowest BCUT2D eigenvalue weighted by atomic mass is 10.1. The predicted molar refractivity (Wildman–Crippen MR) is 83.2 cm³/mol. The minimum absolute atomic E-state index is 0.208. The fraction of sp³-hybridized carbons (Fsp3) is 0.353. The lowest BCUT2D eigenvalue weighted by Crippen LogP contribution is -2.23. The molecule has 4 heteroatoms. The molecular weight excluding hydrogens is 267 g/mol. The van der Waals surface area contributed by atoms with E-state index in [1.54, 1.807) is 18.2 Å². The van der Waals surface area contributed by atoms with Gasteiger partial charge < -0.3 is 9.64 Å². The van der Waals surface area contributed by atoms with E-state index in [1.165, 1.54) is 6.07 Å². The molecule has 1 aromatic carbocycles. The molecule has 0 radical (unpaired) electrons. The Balaban J connectivity index is 1.93. The Labute approximate surface area is 124 Å². The largest absolute Gasteiger partial charge is 0.372 e. The summed E-state index contributed by atoms with van der Waals surface area (Å²) in [4.78, 5) is 6.73. The van der Waals surface area contributed by atoms with Crippen LogP contribution in [0, 0.1) is 12.7 Å². The Morgan fingerprint density at radius 3 is 3.14 bits per heavy atom. The monoisotopic (exact) mass is 286 g/mol. The second-order valence-corrected chi connectivity index (χ2v) is 5.42. The zero-order valence-corrected chi connectivity index (χ0v) is 12.2. The van der Waals surface area contributed by atoms with Crippen molar-refractivity contribution in [2.75, 3.05) is 24.6 Å². The standard InChI is InChI=1S/C17H19FN2O/c1-3-8-21-14-6-7-20(11-14)17-9-12(2)19-16-5-4-13(18)10-15(16)17/h3-5,9-10,14H,1,6-8,11H2,2H3. The third-order valence-corrected chi connectivity index (χ3v) is 3.81. The first kappa shape index (κ1) is 14.0. The molecule has 2 aromatic rings. The lowest BCUT2D eigenvalue weighted by Gasteiger charge is -2.21. The predicted octanol–water partition coefficient (Wildman–Crippen LogP) is 3.46. The molecule has 1 saturated heterocycles. The average Bonchev–Trinajstić information content (AvgIpc) is 2.93. The van der Waals surface area contributed by atoms with Crippen molar-refractivity contribution in [3.8, 4) is 0 Å². The van der Waals surface area contributed by atoms with Crippen molar-refractivity contribution in [2.24, 2.45) is 0 Å². The van der Waals surface area contributed by atoms with E-state index in [2.05, 4.69) is 16.5 Å². The van der Waals surface area contributed by atoms with Gasteiger partial charge in [0.05, 0.1) is 18.2 Å². The summed E-state index contributed by atoms with van der Waals surface area (Å²) in [6.45, 7) is 7.95. The smallest absolute Gasteiger partial charge is 0.124 e. The summed E-state index contributed by atoms with van der Waals surface area (Å²) in [7, 11) is 0. The highest BCUT2D eigenvalue weighted by atomic mass is 19.1. The second-order valence-electron chi connectivity index (χ2n) is 5.42. The Morgan fingerprint density at radius 2 is 2.33 bits per heavy atom. The zero-order valence-electron chi connectivity index (χ0n) is 12.2. The molecule has 2 heterocycles. The summed E-state index contributed by atoms with van der Waals surface area (Å²) in [5.74, 6) is -0.229. The molecule has 1 unspecified atom stereocenters. The molecule has 0 bridgehead atoms. The van der Waals surface area contributed by atoms with Gasteiger partial charge in [0.15, 0.2) is 0 Å². The van der Waals surface area contributed by atoms with Crippen molar-refractivity contribution in [3.63, 3.8) is 0 Å². The van der Waals surface area contributed by atoms with Gasteiger partial charge in [-0.2, -0.15) is 0 Å². The number of aryl methyl sites for hydroxylation is 1. The summed E-state index contributed by atoms with van der Waals surface area (Å²) >= 11 is 0. The van der Waals surface area contributed by atoms with Gasteiger partial charge in [-0.1, -0.05) is 6.08 Å². The molecule has 0 saturated carbocycles. The maximum Gasteiger partial charge on any atom is 0.124 e. The van der Waals surface area contributed by atoms with Crippen LogP contribution in [0.5, 0.6) is 0 Å². The summed E-state index contributed by atoms with van der Waals surface area (Å²) in [5, 5.41) is 0.866. The van der Waals surface area contributed by atoms with E-state index in [4.69, 9.17) is 4.74 Å². The average molecular weight is 286 g/mol. The highest BCUT2D eigenvalue weighted by Gasteiger charge is 2.24. The summed E-state index contributed by atoms with van der Waals surface area (Å²) in [6.07, 6.45) is 2.95. The fourth-order valence-corrected chi connectivity index (χ4v) is 2.86. The molecule has 1 aliphatic rings. The van der Waals surface area contributed by atoms with E-state index in [0.717, 1.165) is 41.8 Å². The summed E-state index contributed by atoms with van der Waals surface area (Å²) < 4.78 is 19.3. The third-order valence-electron chi connectivity index (χ3n) is 3.81. The van der Waals surface area contributed by atoms with Crippen LogP contribution in [0.25, 0.3) is 10.9 Å². The molecule has 0 N–H and O–H groups in total. The molecule has 0 spiro atoms. The van der Waals surface area contributed by atoms with Crippen LogP contribution in [0.3, 0.4) is 0 Å². The van der Waals surface area contributed by atoms with Gasteiger partial charge >= 0.3 is 0 Å². The lowest BCUT2D eigenvalue weighted by molar-refractivity contribution is 0.0909. The molecule has 110 valence electrons. The number of halogens is 1. The Kier molecular flexibility index (Phi) is 3.88. The van der Waals surface area contributed by atoms with Gasteiger partial charge in [0, 0.05) is 29.9 Å². The maximum atomic E-state index is 13.6. The number of hydrogen-bond donors (Lipinski definition) is 0. The van der Waals surface area contributed by atoms with E-state index in [0.29, 0.717) is 6.61 Å². The van der Waals surface area contributed by atoms with Crippen molar-refractivity contribution < 1.29 is 9.13 Å². The van der Waals surface area contributed by atoms with Crippen molar-refractivity contribution in [1.29, 1.82) is 0 Å². The number of rotatable bonds is 4. The number of benzene rings is 1. The van der Waals surface area contributed by atoms with Gasteiger partial charge in [-0.25, -0.2) is 4.39 Å². The molecular formula is C17H19FN2O. The van der Waals surface area contributed by atoms with E-state index < -0.39 is 0 Å². The fourth-order valence-electron chi connectivity index (χ4n) is 2.86. The van der Waals surface area contributed by atoms with Gasteiger partial charge in [0.2, 0.25) is 0 Å². The minimum Gasteiger partial charge on any atom is -0.372 e. The molecule has 3 nitrogen and oxygen atoms in total. The van der Waals surface area contributed by atoms with Crippen molar-refractivity contribution >= 4 is 16.6 Å². The number of pyridine rings is 1. The number of fused-ring (bicyclic) bond motifs is 1. The third kappa shape index (κ3) is 2.90. The van der Waals surface area contributed by atoms with E-state index >= 15 is 0 Å². The quantitative estimate of drug-likeness (QED) is 0.805. The first-order valence-electron chi connectivity index (χ1n) is 7.22. The number of ether oxygens (including phenoxy) is 1. The van der Waals surface area contributed by atoms with E-state index in [1.807, 2.05) is 13.0 Å². The molecule has 0 amide bonds. The molecule has 21 heavy (non-hydrogen) atoms. The first-order valence-corrected chi connectivity index (χ1v) is 7.22. The van der Waals surface area contributed by atoms with Crippen LogP contribution >= 0.6 is 0 Å². The number of nitrogens with zero attached hydrogens (tertiary/aromatic N) is 2. The first-order chi connectivity index (χ1) is 10.2.